The molecule has 0 aliphatic rings. The summed E-state index contributed by atoms with van der Waals surface area (Å²) in [7, 11) is -2.19. The van der Waals surface area contributed by atoms with E-state index in [-0.39, 0.29) is 18.9 Å². The summed E-state index contributed by atoms with van der Waals surface area (Å²) in [5, 5.41) is 8.41. The van der Waals surface area contributed by atoms with Crippen LogP contribution in [0, 0.1) is 0 Å². The van der Waals surface area contributed by atoms with E-state index < -0.39 is 10.1 Å². The average Bonchev–Trinajstić information content (AvgIpc) is 1.83. The van der Waals surface area contributed by atoms with Crippen LogP contribution in [0.1, 0.15) is 0 Å². The molecule has 0 bridgehead atoms. The van der Waals surface area contributed by atoms with Crippen molar-refractivity contribution in [2.75, 3.05) is 32.5 Å². The number of likely N-dealkylation sites (N-methyl/N-ethyl adjacent to an activating group) is 1. The lowest BCUT2D eigenvalue weighted by atomic mass is 10.5. The Kier molecular flexibility index (Phi) is 4.58. The maximum absolute atomic E-state index is 10.2. The third kappa shape index (κ3) is 7.73. The first-order valence-corrected chi connectivity index (χ1v) is 4.81. The summed E-state index contributed by atoms with van der Waals surface area (Å²) in [5.41, 5.74) is 0. The van der Waals surface area contributed by atoms with Crippen molar-refractivity contribution in [1.29, 1.82) is 0 Å². The van der Waals surface area contributed by atoms with Crippen LogP contribution in [0.15, 0.2) is 0 Å². The van der Waals surface area contributed by atoms with Gasteiger partial charge in [-0.2, -0.15) is 8.42 Å². The molecular weight excluding hydrogens is 170 g/mol. The summed E-state index contributed by atoms with van der Waals surface area (Å²) < 4.78 is 28.7. The standard InChI is InChI=1S/C5H13NO4S/c1-6(2-4-7)3-5-11(8,9)10/h7H,2-5H2,1H3,(H,8,9,10). The van der Waals surface area contributed by atoms with Gasteiger partial charge in [0.1, 0.15) is 0 Å². The maximum Gasteiger partial charge on any atom is 0.266 e. The van der Waals surface area contributed by atoms with Gasteiger partial charge in [0.15, 0.2) is 0 Å². The fourth-order valence-corrected chi connectivity index (χ4v) is 1.10. The minimum absolute atomic E-state index is 0.0119. The molecule has 0 aromatic rings. The van der Waals surface area contributed by atoms with Gasteiger partial charge in [0.2, 0.25) is 0 Å². The minimum Gasteiger partial charge on any atom is -0.395 e. The van der Waals surface area contributed by atoms with Gasteiger partial charge in [0.25, 0.3) is 10.1 Å². The second-order valence-corrected chi connectivity index (χ2v) is 3.88. The van der Waals surface area contributed by atoms with Crippen molar-refractivity contribution in [1.82, 2.24) is 4.90 Å². The van der Waals surface area contributed by atoms with Crippen LogP contribution >= 0.6 is 0 Å². The van der Waals surface area contributed by atoms with Crippen molar-refractivity contribution in [2.45, 2.75) is 0 Å². The summed E-state index contributed by atoms with van der Waals surface area (Å²) in [5.74, 6) is -0.288. The Morgan fingerprint density at radius 3 is 2.27 bits per heavy atom. The van der Waals surface area contributed by atoms with Crippen LogP contribution in [0.3, 0.4) is 0 Å². The fraction of sp³-hybridized carbons (Fsp3) is 1.00. The van der Waals surface area contributed by atoms with Gasteiger partial charge in [0.05, 0.1) is 12.4 Å². The van der Waals surface area contributed by atoms with Crippen molar-refractivity contribution >= 4 is 10.1 Å². The number of aliphatic hydroxyl groups excluding tert-OH is 1. The molecule has 0 aliphatic heterocycles. The molecule has 0 aromatic heterocycles. The predicted molar refractivity (Wildman–Crippen MR) is 41.0 cm³/mol. The molecule has 11 heavy (non-hydrogen) atoms. The molecule has 68 valence electrons. The maximum atomic E-state index is 10.2. The average molecular weight is 183 g/mol. The predicted octanol–water partition coefficient (Wildman–Crippen LogP) is -1.20. The van der Waals surface area contributed by atoms with Gasteiger partial charge in [-0.05, 0) is 7.05 Å². The molecule has 5 nitrogen and oxygen atoms in total. The molecule has 0 atom stereocenters. The van der Waals surface area contributed by atoms with Crippen molar-refractivity contribution in [3.8, 4) is 0 Å². The summed E-state index contributed by atoms with van der Waals surface area (Å²) in [6.45, 7) is 0.636. The molecule has 0 spiro atoms. The first-order valence-electron chi connectivity index (χ1n) is 3.20. The van der Waals surface area contributed by atoms with E-state index in [1.807, 2.05) is 0 Å². The van der Waals surface area contributed by atoms with Crippen molar-refractivity contribution in [3.63, 3.8) is 0 Å². The first kappa shape index (κ1) is 10.8. The number of rotatable bonds is 5. The van der Waals surface area contributed by atoms with Crippen LogP contribution in [0.2, 0.25) is 0 Å². The molecule has 0 fully saturated rings. The molecule has 0 heterocycles. The highest BCUT2D eigenvalue weighted by Crippen LogP contribution is 1.85. The highest BCUT2D eigenvalue weighted by Gasteiger charge is 2.05. The first-order chi connectivity index (χ1) is 4.95. The van der Waals surface area contributed by atoms with Crippen LogP contribution in [0.5, 0.6) is 0 Å². The van der Waals surface area contributed by atoms with Gasteiger partial charge in [-0.1, -0.05) is 0 Å². The third-order valence-corrected chi connectivity index (χ3v) is 1.91. The molecule has 0 aliphatic carbocycles. The van der Waals surface area contributed by atoms with Gasteiger partial charge in [0, 0.05) is 13.1 Å². The molecular formula is C5H13NO4S. The summed E-state index contributed by atoms with van der Waals surface area (Å²) in [6.07, 6.45) is 0. The molecule has 0 radical (unpaired) electrons. The lowest BCUT2D eigenvalue weighted by molar-refractivity contribution is 0.227. The van der Waals surface area contributed by atoms with Gasteiger partial charge < -0.3 is 10.0 Å². The summed E-state index contributed by atoms with van der Waals surface area (Å²) >= 11 is 0. The summed E-state index contributed by atoms with van der Waals surface area (Å²) in [6, 6.07) is 0. The van der Waals surface area contributed by atoms with E-state index in [0.29, 0.717) is 6.54 Å². The smallest absolute Gasteiger partial charge is 0.266 e. The van der Waals surface area contributed by atoms with Gasteiger partial charge in [-0.15, -0.1) is 0 Å². The zero-order valence-corrected chi connectivity index (χ0v) is 7.21. The van der Waals surface area contributed by atoms with Crippen LogP contribution < -0.4 is 0 Å². The Hall–Kier alpha value is -0.170. The Labute approximate surface area is 66.4 Å². The number of nitrogens with zero attached hydrogens (tertiary/aromatic N) is 1. The van der Waals surface area contributed by atoms with E-state index in [1.54, 1.807) is 11.9 Å². The topological polar surface area (TPSA) is 77.8 Å². The molecule has 6 heteroatoms. The number of hydrogen-bond donors (Lipinski definition) is 2. The summed E-state index contributed by atoms with van der Waals surface area (Å²) in [4.78, 5) is 1.62. The van der Waals surface area contributed by atoms with E-state index >= 15 is 0 Å². The fourth-order valence-electron chi connectivity index (χ4n) is 0.554. The lowest BCUT2D eigenvalue weighted by Gasteiger charge is -2.12. The minimum atomic E-state index is -3.86. The van der Waals surface area contributed by atoms with Crippen LogP contribution in [-0.4, -0.2) is 55.5 Å². The molecule has 0 aromatic carbocycles. The van der Waals surface area contributed by atoms with Gasteiger partial charge >= 0.3 is 0 Å². The molecule has 0 unspecified atom stereocenters. The monoisotopic (exact) mass is 183 g/mol. The van der Waals surface area contributed by atoms with E-state index in [2.05, 4.69) is 0 Å². The zero-order chi connectivity index (χ0) is 8.91. The normalized spacial score (nSPS) is 12.4. The molecule has 2 N–H and O–H groups in total. The Morgan fingerprint density at radius 1 is 1.36 bits per heavy atom. The highest BCUT2D eigenvalue weighted by molar-refractivity contribution is 7.85. The third-order valence-electron chi connectivity index (χ3n) is 1.21. The Morgan fingerprint density at radius 2 is 1.91 bits per heavy atom. The van der Waals surface area contributed by atoms with E-state index in [4.69, 9.17) is 9.66 Å². The quantitative estimate of drug-likeness (QED) is 0.523. The van der Waals surface area contributed by atoms with E-state index in [1.165, 1.54) is 0 Å². The van der Waals surface area contributed by atoms with E-state index in [0.717, 1.165) is 0 Å². The number of aliphatic hydroxyl groups is 1. The van der Waals surface area contributed by atoms with Crippen molar-refractivity contribution in [3.05, 3.63) is 0 Å². The van der Waals surface area contributed by atoms with Crippen molar-refractivity contribution in [2.24, 2.45) is 0 Å². The van der Waals surface area contributed by atoms with Crippen LogP contribution in [-0.2, 0) is 10.1 Å². The Bertz CT molecular complexity index is 189. The SMILES string of the molecule is CN(CCO)CCS(=O)(=O)O. The second-order valence-electron chi connectivity index (χ2n) is 2.31. The number of hydrogen-bond acceptors (Lipinski definition) is 4. The zero-order valence-electron chi connectivity index (χ0n) is 6.39. The van der Waals surface area contributed by atoms with Gasteiger partial charge in [-0.25, -0.2) is 0 Å². The largest absolute Gasteiger partial charge is 0.395 e. The molecule has 0 saturated carbocycles. The van der Waals surface area contributed by atoms with Crippen LogP contribution in [0.4, 0.5) is 0 Å². The van der Waals surface area contributed by atoms with Gasteiger partial charge in [-0.3, -0.25) is 4.55 Å². The lowest BCUT2D eigenvalue weighted by Crippen LogP contribution is -2.27. The molecule has 0 saturated heterocycles. The molecule has 0 amide bonds. The second kappa shape index (κ2) is 4.66. The van der Waals surface area contributed by atoms with Crippen LogP contribution in [0.25, 0.3) is 0 Å². The Balaban J connectivity index is 3.54. The molecule has 0 rings (SSSR count). The van der Waals surface area contributed by atoms with Crippen molar-refractivity contribution < 1.29 is 18.1 Å². The van der Waals surface area contributed by atoms with E-state index in [9.17, 15) is 8.42 Å². The highest BCUT2D eigenvalue weighted by atomic mass is 32.2.